The van der Waals surface area contributed by atoms with Crippen molar-refractivity contribution < 1.29 is 14.6 Å². The summed E-state index contributed by atoms with van der Waals surface area (Å²) in [5.41, 5.74) is 1.34. The van der Waals surface area contributed by atoms with Crippen LogP contribution in [-0.2, 0) is 16.0 Å². The molecule has 1 amide bonds. The zero-order chi connectivity index (χ0) is 14.7. The van der Waals surface area contributed by atoms with Crippen molar-refractivity contribution >= 4 is 17.2 Å². The molecule has 1 unspecified atom stereocenters. The number of aliphatic hydroxyl groups excluding tert-OH is 1. The zero-order valence-electron chi connectivity index (χ0n) is 12.2. The third kappa shape index (κ3) is 3.45. The summed E-state index contributed by atoms with van der Waals surface area (Å²) in [4.78, 5) is 17.8. The third-order valence-corrected chi connectivity index (χ3v) is 5.32. The Labute approximate surface area is 129 Å². The number of hydrogen-bond acceptors (Lipinski definition) is 5. The van der Waals surface area contributed by atoms with Crippen molar-refractivity contribution in [1.82, 2.24) is 9.80 Å². The van der Waals surface area contributed by atoms with Crippen LogP contribution in [0.2, 0.25) is 0 Å². The second kappa shape index (κ2) is 6.87. The molecule has 1 aromatic rings. The lowest BCUT2D eigenvalue weighted by atomic mass is 10.0. The molecule has 1 aromatic heterocycles. The van der Waals surface area contributed by atoms with E-state index < -0.39 is 0 Å². The summed E-state index contributed by atoms with van der Waals surface area (Å²) in [6.45, 7) is 4.80. The van der Waals surface area contributed by atoms with Crippen molar-refractivity contribution in [3.05, 3.63) is 21.9 Å². The van der Waals surface area contributed by atoms with Crippen molar-refractivity contribution in [3.63, 3.8) is 0 Å². The standard InChI is InChI=1S/C15H22N2O3S/c18-8-7-16-3-5-17(6-4-16)14(19)11-13-15-12(1-9-20-13)2-10-21-15/h2,10,13,18H,1,3-9,11H2. The molecule has 1 saturated heterocycles. The zero-order valence-corrected chi connectivity index (χ0v) is 13.0. The third-order valence-electron chi connectivity index (χ3n) is 4.26. The van der Waals surface area contributed by atoms with Crippen LogP contribution in [0.15, 0.2) is 11.4 Å². The van der Waals surface area contributed by atoms with E-state index in [0.717, 1.165) is 32.6 Å². The Morgan fingerprint density at radius 1 is 1.38 bits per heavy atom. The van der Waals surface area contributed by atoms with Crippen molar-refractivity contribution in [2.45, 2.75) is 18.9 Å². The molecule has 0 radical (unpaired) electrons. The molecule has 6 heteroatoms. The molecular weight excluding hydrogens is 288 g/mol. The van der Waals surface area contributed by atoms with Crippen LogP contribution in [0.5, 0.6) is 0 Å². The average Bonchev–Trinajstić information content (AvgIpc) is 2.98. The molecule has 2 aliphatic rings. The lowest BCUT2D eigenvalue weighted by Crippen LogP contribution is -2.49. The normalized spacial score (nSPS) is 23.1. The molecule has 0 spiro atoms. The minimum absolute atomic E-state index is 0.0586. The Morgan fingerprint density at radius 2 is 2.19 bits per heavy atom. The van der Waals surface area contributed by atoms with Crippen LogP contribution in [0.4, 0.5) is 0 Å². The van der Waals surface area contributed by atoms with Gasteiger partial charge in [-0.25, -0.2) is 0 Å². The number of fused-ring (bicyclic) bond motifs is 1. The summed E-state index contributed by atoms with van der Waals surface area (Å²) in [6.07, 6.45) is 1.35. The van der Waals surface area contributed by atoms with Crippen LogP contribution in [0, 0.1) is 0 Å². The minimum Gasteiger partial charge on any atom is -0.395 e. The summed E-state index contributed by atoms with van der Waals surface area (Å²) >= 11 is 1.70. The minimum atomic E-state index is -0.0586. The largest absolute Gasteiger partial charge is 0.395 e. The van der Waals surface area contributed by atoms with E-state index in [1.807, 2.05) is 4.90 Å². The molecule has 3 heterocycles. The molecule has 1 fully saturated rings. The first kappa shape index (κ1) is 15.0. The van der Waals surface area contributed by atoms with Gasteiger partial charge in [0.1, 0.15) is 6.10 Å². The summed E-state index contributed by atoms with van der Waals surface area (Å²) in [5, 5.41) is 11.0. The number of aliphatic hydroxyl groups is 1. The van der Waals surface area contributed by atoms with Gasteiger partial charge in [-0.3, -0.25) is 9.69 Å². The second-order valence-corrected chi connectivity index (χ2v) is 6.52. The van der Waals surface area contributed by atoms with Gasteiger partial charge in [-0.15, -0.1) is 11.3 Å². The maximum atomic E-state index is 12.4. The fraction of sp³-hybridized carbons (Fsp3) is 0.667. The number of nitrogens with zero attached hydrogens (tertiary/aromatic N) is 2. The van der Waals surface area contributed by atoms with E-state index in [0.29, 0.717) is 19.6 Å². The monoisotopic (exact) mass is 310 g/mol. The van der Waals surface area contributed by atoms with E-state index in [9.17, 15) is 4.79 Å². The molecular formula is C15H22N2O3S. The van der Waals surface area contributed by atoms with Crippen LogP contribution in [0.1, 0.15) is 23.0 Å². The van der Waals surface area contributed by atoms with Gasteiger partial charge in [-0.05, 0) is 23.4 Å². The summed E-state index contributed by atoms with van der Waals surface area (Å²) in [5.74, 6) is 0.185. The van der Waals surface area contributed by atoms with Gasteiger partial charge in [0.25, 0.3) is 0 Å². The Hall–Kier alpha value is -0.950. The quantitative estimate of drug-likeness (QED) is 0.897. The highest BCUT2D eigenvalue weighted by atomic mass is 32.1. The number of β-amino-alcohol motifs (C(OH)–C–C–N with tert-alkyl or cyclic N) is 1. The van der Waals surface area contributed by atoms with Crippen LogP contribution in [-0.4, -0.2) is 66.8 Å². The maximum Gasteiger partial charge on any atom is 0.225 e. The molecule has 5 nitrogen and oxygen atoms in total. The molecule has 0 aliphatic carbocycles. The average molecular weight is 310 g/mol. The smallest absolute Gasteiger partial charge is 0.225 e. The summed E-state index contributed by atoms with van der Waals surface area (Å²) < 4.78 is 5.80. The lowest BCUT2D eigenvalue weighted by molar-refractivity contribution is -0.136. The summed E-state index contributed by atoms with van der Waals surface area (Å²) in [6, 6.07) is 2.15. The Bertz CT molecular complexity index is 483. The van der Waals surface area contributed by atoms with Gasteiger partial charge < -0.3 is 14.7 Å². The first-order chi connectivity index (χ1) is 10.3. The van der Waals surface area contributed by atoms with Crippen LogP contribution in [0.3, 0.4) is 0 Å². The van der Waals surface area contributed by atoms with Gasteiger partial charge in [0.2, 0.25) is 5.91 Å². The lowest BCUT2D eigenvalue weighted by Gasteiger charge is -2.35. The highest BCUT2D eigenvalue weighted by Gasteiger charge is 2.28. The number of amides is 1. The molecule has 0 bridgehead atoms. The van der Waals surface area contributed by atoms with Crippen molar-refractivity contribution in [1.29, 1.82) is 0 Å². The Kier molecular flexibility index (Phi) is 4.90. The van der Waals surface area contributed by atoms with E-state index in [1.165, 1.54) is 10.4 Å². The number of thiophene rings is 1. The molecule has 0 saturated carbocycles. The van der Waals surface area contributed by atoms with Gasteiger partial charge in [-0.2, -0.15) is 0 Å². The second-order valence-electron chi connectivity index (χ2n) is 5.57. The van der Waals surface area contributed by atoms with E-state index in [1.54, 1.807) is 11.3 Å². The fourth-order valence-corrected chi connectivity index (χ4v) is 4.03. The first-order valence-corrected chi connectivity index (χ1v) is 8.44. The topological polar surface area (TPSA) is 53.0 Å². The predicted molar refractivity (Wildman–Crippen MR) is 81.4 cm³/mol. The maximum absolute atomic E-state index is 12.4. The number of piperazine rings is 1. The number of carbonyl (C=O) groups excluding carboxylic acids is 1. The molecule has 3 rings (SSSR count). The molecule has 1 atom stereocenters. The Balaban J connectivity index is 1.54. The molecule has 21 heavy (non-hydrogen) atoms. The van der Waals surface area contributed by atoms with Crippen LogP contribution < -0.4 is 0 Å². The summed E-state index contributed by atoms with van der Waals surface area (Å²) in [7, 11) is 0. The van der Waals surface area contributed by atoms with Crippen LogP contribution >= 0.6 is 11.3 Å². The number of hydrogen-bond donors (Lipinski definition) is 1. The van der Waals surface area contributed by atoms with Crippen molar-refractivity contribution in [2.75, 3.05) is 45.9 Å². The van der Waals surface area contributed by atoms with Gasteiger partial charge in [0.05, 0.1) is 19.6 Å². The van der Waals surface area contributed by atoms with E-state index >= 15 is 0 Å². The number of carbonyl (C=O) groups is 1. The highest BCUT2D eigenvalue weighted by molar-refractivity contribution is 7.10. The first-order valence-electron chi connectivity index (χ1n) is 7.57. The van der Waals surface area contributed by atoms with Gasteiger partial charge >= 0.3 is 0 Å². The van der Waals surface area contributed by atoms with Crippen molar-refractivity contribution in [2.24, 2.45) is 0 Å². The molecule has 116 valence electrons. The van der Waals surface area contributed by atoms with E-state index in [4.69, 9.17) is 9.84 Å². The SMILES string of the molecule is O=C(CC1OCCc2ccsc21)N1CCN(CCO)CC1. The van der Waals surface area contributed by atoms with Gasteiger partial charge in [0, 0.05) is 37.6 Å². The van der Waals surface area contributed by atoms with Crippen molar-refractivity contribution in [3.8, 4) is 0 Å². The molecule has 2 aliphatic heterocycles. The number of rotatable bonds is 4. The van der Waals surface area contributed by atoms with Crippen LogP contribution in [0.25, 0.3) is 0 Å². The number of ether oxygens (including phenoxy) is 1. The van der Waals surface area contributed by atoms with Gasteiger partial charge in [-0.1, -0.05) is 0 Å². The predicted octanol–water partition coefficient (Wildman–Crippen LogP) is 0.888. The van der Waals surface area contributed by atoms with Gasteiger partial charge in [0.15, 0.2) is 0 Å². The highest BCUT2D eigenvalue weighted by Crippen LogP contribution is 2.34. The van der Waals surface area contributed by atoms with E-state index in [2.05, 4.69) is 16.3 Å². The fourth-order valence-electron chi connectivity index (χ4n) is 3.02. The van der Waals surface area contributed by atoms with E-state index in [-0.39, 0.29) is 18.6 Å². The Morgan fingerprint density at radius 3 is 2.95 bits per heavy atom. The molecule has 1 N–H and O–H groups in total. The molecule has 0 aromatic carbocycles.